The van der Waals surface area contributed by atoms with E-state index in [1.807, 2.05) is 0 Å². The van der Waals surface area contributed by atoms with E-state index in [2.05, 4.69) is 30.4 Å². The lowest BCUT2D eigenvalue weighted by Crippen LogP contribution is -2.22. The van der Waals surface area contributed by atoms with Crippen molar-refractivity contribution < 1.29 is 14.3 Å². The van der Waals surface area contributed by atoms with Crippen LogP contribution in [0.25, 0.3) is 11.7 Å². The molecule has 0 saturated heterocycles. The highest BCUT2D eigenvalue weighted by Gasteiger charge is 2.20. The third kappa shape index (κ3) is 3.75. The van der Waals surface area contributed by atoms with Crippen LogP contribution in [0, 0.1) is 12.7 Å². The summed E-state index contributed by atoms with van der Waals surface area (Å²) in [5.41, 5.74) is 1.06. The van der Waals surface area contributed by atoms with Crippen LogP contribution in [0.4, 0.5) is 10.2 Å². The van der Waals surface area contributed by atoms with Crippen LogP contribution in [-0.4, -0.2) is 41.6 Å². The topological polar surface area (TPSA) is 141 Å². The number of halogens is 1. The van der Waals surface area contributed by atoms with Crippen molar-refractivity contribution in [1.29, 1.82) is 0 Å². The fraction of sp³-hybridized carbons (Fsp3) is 0.190. The smallest absolute Gasteiger partial charge is 0.326 e. The fourth-order valence-electron chi connectivity index (χ4n) is 3.18. The summed E-state index contributed by atoms with van der Waals surface area (Å²) in [7, 11) is 0. The minimum atomic E-state index is -0.555. The molecule has 162 valence electrons. The molecule has 1 fully saturated rings. The molecule has 1 aliphatic carbocycles. The summed E-state index contributed by atoms with van der Waals surface area (Å²) in [6, 6.07) is 6.01. The Morgan fingerprint density at radius 3 is 2.84 bits per heavy atom. The number of aromatic hydroxyl groups is 1. The Morgan fingerprint density at radius 1 is 1.34 bits per heavy atom. The van der Waals surface area contributed by atoms with Gasteiger partial charge in [0.2, 0.25) is 5.88 Å². The fourth-order valence-corrected chi connectivity index (χ4v) is 3.18. The monoisotopic (exact) mass is 435 g/mol. The van der Waals surface area contributed by atoms with Gasteiger partial charge in [-0.1, -0.05) is 6.07 Å². The molecule has 5 rings (SSSR count). The Labute approximate surface area is 179 Å². The first kappa shape index (κ1) is 19.7. The zero-order chi connectivity index (χ0) is 22.4. The van der Waals surface area contributed by atoms with Crippen LogP contribution in [0.15, 0.2) is 40.2 Å². The van der Waals surface area contributed by atoms with Crippen molar-refractivity contribution in [3.63, 3.8) is 0 Å². The third-order valence-electron chi connectivity index (χ3n) is 5.05. The van der Waals surface area contributed by atoms with Gasteiger partial charge in [-0.05, 0) is 43.5 Å². The number of H-pyrrole nitrogens is 2. The predicted octanol–water partition coefficient (Wildman–Crippen LogP) is 0.762. The van der Waals surface area contributed by atoms with Crippen LogP contribution in [0.5, 0.6) is 5.88 Å². The van der Waals surface area contributed by atoms with Gasteiger partial charge in [0.25, 0.3) is 5.91 Å². The van der Waals surface area contributed by atoms with Gasteiger partial charge >= 0.3 is 5.69 Å². The first-order valence-electron chi connectivity index (χ1n) is 9.90. The molecule has 32 heavy (non-hydrogen) atoms. The molecule has 0 aliphatic heterocycles. The first-order valence-corrected chi connectivity index (χ1v) is 9.90. The molecule has 3 heterocycles. The number of nitrogens with one attached hydrogen (secondary N) is 3. The molecule has 1 aliphatic rings. The zero-order valence-electron chi connectivity index (χ0n) is 16.9. The first-order chi connectivity index (χ1) is 15.4. The number of benzene rings is 1. The lowest BCUT2D eigenvalue weighted by Gasteiger charge is -2.06. The van der Waals surface area contributed by atoms with Gasteiger partial charge in [-0.3, -0.25) is 14.8 Å². The Hall–Kier alpha value is -4.28. The van der Waals surface area contributed by atoms with Gasteiger partial charge in [-0.15, -0.1) is 0 Å². The average Bonchev–Trinajstić information content (AvgIpc) is 3.38. The van der Waals surface area contributed by atoms with Crippen molar-refractivity contribution in [3.05, 3.63) is 74.3 Å². The van der Waals surface area contributed by atoms with Crippen LogP contribution in [-0.2, 0) is 0 Å². The number of imidazole rings is 1. The van der Waals surface area contributed by atoms with E-state index in [0.29, 0.717) is 21.9 Å². The highest BCUT2D eigenvalue weighted by molar-refractivity contribution is 6.03. The summed E-state index contributed by atoms with van der Waals surface area (Å²) in [5, 5.41) is 17.3. The number of aryl methyl sites for hydroxylation is 1. The van der Waals surface area contributed by atoms with Gasteiger partial charge in [0.15, 0.2) is 11.1 Å². The van der Waals surface area contributed by atoms with E-state index < -0.39 is 17.4 Å². The minimum absolute atomic E-state index is 0.158. The van der Waals surface area contributed by atoms with Crippen molar-refractivity contribution in [2.75, 3.05) is 5.32 Å². The Morgan fingerprint density at radius 2 is 2.16 bits per heavy atom. The van der Waals surface area contributed by atoms with Crippen LogP contribution >= 0.6 is 0 Å². The van der Waals surface area contributed by atoms with Crippen LogP contribution in [0.2, 0.25) is 0 Å². The summed E-state index contributed by atoms with van der Waals surface area (Å²) in [5.74, 6) is -1.10. The van der Waals surface area contributed by atoms with E-state index in [4.69, 9.17) is 0 Å². The number of aromatic amines is 2. The summed E-state index contributed by atoms with van der Waals surface area (Å²) < 4.78 is 15.4. The number of carbonyl (C=O) groups is 1. The number of hydrogen-bond acceptors (Lipinski definition) is 6. The molecular weight excluding hydrogens is 417 g/mol. The molecule has 1 aromatic carbocycles. The highest BCUT2D eigenvalue weighted by atomic mass is 19.1. The molecule has 0 spiro atoms. The number of hydrogen-bond donors (Lipinski definition) is 4. The standard InChI is InChI=1S/C21H18FN7O3/c1-10-2-3-11(6-14(10)22)19(30)27-16-8-17(24-13-4-5-13)29-18(26-16)12(9-23-29)7-15-20(31)28-21(32)25-15/h2-3,6-9,13,31H,4-5H2,1H3,(H,27,30)(H2,25,28,32)/b12-7+,24-17?. The van der Waals surface area contributed by atoms with Crippen molar-refractivity contribution >= 4 is 23.4 Å². The summed E-state index contributed by atoms with van der Waals surface area (Å²) in [4.78, 5) is 37.9. The number of fused-ring (bicyclic) bond motifs is 1. The maximum atomic E-state index is 13.9. The number of amides is 1. The van der Waals surface area contributed by atoms with Gasteiger partial charge in [0.05, 0.1) is 12.2 Å². The second-order valence-electron chi connectivity index (χ2n) is 7.60. The molecule has 4 aromatic rings. The van der Waals surface area contributed by atoms with E-state index in [1.165, 1.54) is 35.0 Å². The maximum Gasteiger partial charge on any atom is 0.326 e. The molecule has 0 atom stereocenters. The van der Waals surface area contributed by atoms with Gasteiger partial charge in [-0.25, -0.2) is 14.2 Å². The maximum absolute atomic E-state index is 13.9. The molecule has 1 saturated carbocycles. The number of aromatic nitrogens is 5. The molecule has 10 nitrogen and oxygen atoms in total. The number of rotatable bonds is 4. The van der Waals surface area contributed by atoms with Gasteiger partial charge in [0.1, 0.15) is 17.3 Å². The summed E-state index contributed by atoms with van der Waals surface area (Å²) in [6.07, 6.45) is 4.95. The lowest BCUT2D eigenvalue weighted by molar-refractivity contribution is 0.102. The largest absolute Gasteiger partial charge is 0.493 e. The normalized spacial score (nSPS) is 14.9. The second-order valence-corrected chi connectivity index (χ2v) is 7.60. The van der Waals surface area contributed by atoms with Gasteiger partial charge < -0.3 is 15.4 Å². The van der Waals surface area contributed by atoms with Crippen molar-refractivity contribution in [1.82, 2.24) is 24.6 Å². The predicted molar refractivity (Wildman–Crippen MR) is 113 cm³/mol. The van der Waals surface area contributed by atoms with E-state index in [-0.39, 0.29) is 29.0 Å². The Bertz CT molecular complexity index is 1550. The van der Waals surface area contributed by atoms with Crippen LogP contribution in [0.3, 0.4) is 0 Å². The number of carbonyl (C=O) groups excluding carboxylic acids is 1. The average molecular weight is 435 g/mol. The minimum Gasteiger partial charge on any atom is -0.493 e. The van der Waals surface area contributed by atoms with Crippen molar-refractivity contribution in [2.45, 2.75) is 25.8 Å². The van der Waals surface area contributed by atoms with Crippen molar-refractivity contribution in [3.8, 4) is 5.88 Å². The SMILES string of the molecule is Cc1ccc(C(=O)Nc2cc(=NC3CC3)n3nc/c(=C\c4[nH]c(=O)[nH]c4O)c3n2)cc1F. The molecular formula is C21H18FN7O3. The van der Waals surface area contributed by atoms with Gasteiger partial charge in [-0.2, -0.15) is 9.61 Å². The lowest BCUT2D eigenvalue weighted by atomic mass is 10.1. The Balaban J connectivity index is 1.61. The quantitative estimate of drug-likeness (QED) is 0.375. The van der Waals surface area contributed by atoms with E-state index in [1.54, 1.807) is 13.0 Å². The summed E-state index contributed by atoms with van der Waals surface area (Å²) in [6.45, 7) is 1.62. The molecule has 3 aromatic heterocycles. The third-order valence-corrected chi connectivity index (χ3v) is 5.05. The van der Waals surface area contributed by atoms with E-state index in [0.717, 1.165) is 12.8 Å². The Kier molecular flexibility index (Phi) is 4.58. The van der Waals surface area contributed by atoms with Gasteiger partial charge in [0, 0.05) is 16.8 Å². The second kappa shape index (κ2) is 7.45. The van der Waals surface area contributed by atoms with E-state index in [9.17, 15) is 19.1 Å². The highest BCUT2D eigenvalue weighted by Crippen LogP contribution is 2.22. The van der Waals surface area contributed by atoms with Crippen LogP contribution in [0.1, 0.15) is 34.5 Å². The molecule has 11 heteroatoms. The molecule has 1 amide bonds. The van der Waals surface area contributed by atoms with Crippen molar-refractivity contribution in [2.24, 2.45) is 4.99 Å². The molecule has 0 bridgehead atoms. The molecule has 0 radical (unpaired) electrons. The number of anilines is 1. The number of nitrogens with zero attached hydrogens (tertiary/aromatic N) is 4. The molecule has 4 N–H and O–H groups in total. The van der Waals surface area contributed by atoms with Crippen LogP contribution < -0.4 is 21.7 Å². The zero-order valence-corrected chi connectivity index (χ0v) is 16.9. The molecule has 0 unspecified atom stereocenters. The summed E-state index contributed by atoms with van der Waals surface area (Å²) >= 11 is 0. The van der Waals surface area contributed by atoms with E-state index >= 15 is 0 Å².